The van der Waals surface area contributed by atoms with Gasteiger partial charge in [-0.3, -0.25) is 9.59 Å². The third-order valence-corrected chi connectivity index (χ3v) is 6.46. The highest BCUT2D eigenvalue weighted by atomic mass is 16.6. The SMILES string of the molecule is C=CCN(C(=O)C(Cc1ccc(O)cc1)NC(=O)OC(C)(C)C)C(C(=O)NCCCCC)c1ccc(C)c(C)c1. The average Bonchev–Trinajstić information content (AvgIpc) is 2.87. The van der Waals surface area contributed by atoms with Gasteiger partial charge in [0.05, 0.1) is 0 Å². The molecule has 0 aliphatic carbocycles. The van der Waals surface area contributed by atoms with Crippen LogP contribution in [0.1, 0.15) is 75.3 Å². The van der Waals surface area contributed by atoms with Crippen LogP contribution in [0.25, 0.3) is 0 Å². The van der Waals surface area contributed by atoms with Crippen molar-refractivity contribution in [1.29, 1.82) is 0 Å². The summed E-state index contributed by atoms with van der Waals surface area (Å²) < 4.78 is 5.45. The summed E-state index contributed by atoms with van der Waals surface area (Å²) in [5.74, 6) is -0.657. The number of phenolic OH excluding ortho intramolecular Hbond substituents is 1. The normalized spacial score (nSPS) is 12.7. The van der Waals surface area contributed by atoms with E-state index in [1.54, 1.807) is 39.0 Å². The largest absolute Gasteiger partial charge is 0.508 e. The predicted molar refractivity (Wildman–Crippen MR) is 158 cm³/mol. The average molecular weight is 552 g/mol. The van der Waals surface area contributed by atoms with E-state index in [4.69, 9.17) is 4.74 Å². The molecule has 0 saturated heterocycles. The fourth-order valence-corrected chi connectivity index (χ4v) is 4.27. The molecule has 0 bridgehead atoms. The van der Waals surface area contributed by atoms with Gasteiger partial charge in [-0.1, -0.05) is 56.2 Å². The van der Waals surface area contributed by atoms with E-state index in [0.717, 1.165) is 36.0 Å². The molecule has 2 aromatic rings. The number of hydrogen-bond donors (Lipinski definition) is 3. The van der Waals surface area contributed by atoms with Crippen molar-refractivity contribution >= 4 is 17.9 Å². The van der Waals surface area contributed by atoms with Crippen molar-refractivity contribution in [3.8, 4) is 5.75 Å². The van der Waals surface area contributed by atoms with Crippen molar-refractivity contribution in [2.24, 2.45) is 0 Å². The van der Waals surface area contributed by atoms with E-state index >= 15 is 0 Å². The maximum absolute atomic E-state index is 14.2. The van der Waals surface area contributed by atoms with Gasteiger partial charge in [0.2, 0.25) is 11.8 Å². The minimum atomic E-state index is -1.04. The zero-order valence-electron chi connectivity index (χ0n) is 24.8. The van der Waals surface area contributed by atoms with E-state index in [1.807, 2.05) is 32.0 Å². The van der Waals surface area contributed by atoms with Gasteiger partial charge in [0, 0.05) is 19.5 Å². The number of aromatic hydroxyl groups is 1. The predicted octanol–water partition coefficient (Wildman–Crippen LogP) is 5.51. The third kappa shape index (κ3) is 10.1. The van der Waals surface area contributed by atoms with Crippen LogP contribution in [0, 0.1) is 13.8 Å². The molecular weight excluding hydrogens is 506 g/mol. The molecule has 8 heteroatoms. The molecule has 3 amide bonds. The van der Waals surface area contributed by atoms with Crippen LogP contribution in [-0.4, -0.2) is 52.6 Å². The van der Waals surface area contributed by atoms with Gasteiger partial charge >= 0.3 is 6.09 Å². The Hall–Kier alpha value is -3.81. The van der Waals surface area contributed by atoms with Crippen LogP contribution in [0.4, 0.5) is 4.79 Å². The van der Waals surface area contributed by atoms with Gasteiger partial charge in [-0.15, -0.1) is 6.58 Å². The lowest BCUT2D eigenvalue weighted by molar-refractivity contribution is -0.141. The second-order valence-corrected chi connectivity index (χ2v) is 11.1. The van der Waals surface area contributed by atoms with Crippen LogP contribution < -0.4 is 10.6 Å². The van der Waals surface area contributed by atoms with Crippen molar-refractivity contribution in [2.45, 2.75) is 84.9 Å². The van der Waals surface area contributed by atoms with Gasteiger partial charge in [0.1, 0.15) is 23.4 Å². The van der Waals surface area contributed by atoms with Crippen molar-refractivity contribution in [3.63, 3.8) is 0 Å². The van der Waals surface area contributed by atoms with Crippen LogP contribution >= 0.6 is 0 Å². The van der Waals surface area contributed by atoms with Gasteiger partial charge < -0.3 is 25.4 Å². The number of aryl methyl sites for hydroxylation is 2. The quantitative estimate of drug-likeness (QED) is 0.225. The van der Waals surface area contributed by atoms with Crippen LogP contribution in [0.5, 0.6) is 5.75 Å². The first-order chi connectivity index (χ1) is 18.9. The van der Waals surface area contributed by atoms with Gasteiger partial charge in [-0.25, -0.2) is 4.79 Å². The molecule has 40 heavy (non-hydrogen) atoms. The minimum Gasteiger partial charge on any atom is -0.508 e. The van der Waals surface area contributed by atoms with E-state index < -0.39 is 29.7 Å². The molecule has 0 spiro atoms. The number of nitrogens with one attached hydrogen (secondary N) is 2. The summed E-state index contributed by atoms with van der Waals surface area (Å²) >= 11 is 0. The molecule has 0 heterocycles. The van der Waals surface area contributed by atoms with Gasteiger partial charge in [0.15, 0.2) is 0 Å². The number of hydrogen-bond acceptors (Lipinski definition) is 5. The maximum atomic E-state index is 14.2. The summed E-state index contributed by atoms with van der Waals surface area (Å²) in [4.78, 5) is 42.2. The summed E-state index contributed by atoms with van der Waals surface area (Å²) in [7, 11) is 0. The molecule has 0 aliphatic rings. The topological polar surface area (TPSA) is 108 Å². The highest BCUT2D eigenvalue weighted by Gasteiger charge is 2.36. The molecule has 2 rings (SSSR count). The second-order valence-electron chi connectivity index (χ2n) is 11.1. The lowest BCUT2D eigenvalue weighted by Gasteiger charge is -2.34. The Morgan fingerprint density at radius 2 is 1.73 bits per heavy atom. The zero-order valence-corrected chi connectivity index (χ0v) is 24.8. The van der Waals surface area contributed by atoms with Crippen LogP contribution in [0.3, 0.4) is 0 Å². The van der Waals surface area contributed by atoms with E-state index in [-0.39, 0.29) is 24.6 Å². The third-order valence-electron chi connectivity index (χ3n) is 6.46. The Morgan fingerprint density at radius 3 is 2.30 bits per heavy atom. The van der Waals surface area contributed by atoms with Crippen molar-refractivity contribution < 1.29 is 24.2 Å². The van der Waals surface area contributed by atoms with E-state index in [2.05, 4.69) is 24.1 Å². The lowest BCUT2D eigenvalue weighted by atomic mass is 9.97. The Bertz CT molecular complexity index is 1150. The maximum Gasteiger partial charge on any atom is 0.408 e. The molecule has 8 nitrogen and oxygen atoms in total. The number of benzene rings is 2. The number of ether oxygens (including phenoxy) is 1. The zero-order chi connectivity index (χ0) is 29.9. The molecule has 0 saturated carbocycles. The summed E-state index contributed by atoms with van der Waals surface area (Å²) in [6.45, 7) is 15.7. The number of carbonyl (C=O) groups excluding carboxylic acids is 3. The number of unbranched alkanes of at least 4 members (excludes halogenated alkanes) is 2. The first-order valence-corrected chi connectivity index (χ1v) is 13.9. The summed E-state index contributed by atoms with van der Waals surface area (Å²) in [6, 6.07) is 10.2. The molecule has 2 unspecified atom stereocenters. The summed E-state index contributed by atoms with van der Waals surface area (Å²) in [6.07, 6.45) is 3.80. The van der Waals surface area contributed by atoms with Crippen LogP contribution in [0.2, 0.25) is 0 Å². The highest BCUT2D eigenvalue weighted by Crippen LogP contribution is 2.26. The highest BCUT2D eigenvalue weighted by molar-refractivity contribution is 5.92. The molecule has 2 atom stereocenters. The van der Waals surface area contributed by atoms with E-state index in [0.29, 0.717) is 12.1 Å². The molecule has 0 aliphatic heterocycles. The van der Waals surface area contributed by atoms with Crippen LogP contribution in [0.15, 0.2) is 55.1 Å². The lowest BCUT2D eigenvalue weighted by Crippen LogP contribution is -2.54. The number of phenols is 1. The van der Waals surface area contributed by atoms with Crippen molar-refractivity contribution in [1.82, 2.24) is 15.5 Å². The molecular formula is C32H45N3O5. The molecule has 3 N–H and O–H groups in total. The Morgan fingerprint density at radius 1 is 1.05 bits per heavy atom. The Balaban J connectivity index is 2.51. The Labute approximate surface area is 238 Å². The van der Waals surface area contributed by atoms with Crippen LogP contribution in [-0.2, 0) is 20.7 Å². The summed E-state index contributed by atoms with van der Waals surface area (Å²) in [5, 5.41) is 15.4. The number of carbonyl (C=O) groups is 3. The molecule has 0 radical (unpaired) electrons. The van der Waals surface area contributed by atoms with Crippen molar-refractivity contribution in [3.05, 3.63) is 77.4 Å². The monoisotopic (exact) mass is 551 g/mol. The first-order valence-electron chi connectivity index (χ1n) is 13.9. The molecule has 0 fully saturated rings. The minimum absolute atomic E-state index is 0.0842. The molecule has 218 valence electrons. The van der Waals surface area contributed by atoms with Gasteiger partial charge in [0.25, 0.3) is 0 Å². The molecule has 2 aromatic carbocycles. The number of amides is 3. The number of rotatable bonds is 13. The fraction of sp³-hybridized carbons (Fsp3) is 0.469. The van der Waals surface area contributed by atoms with Crippen molar-refractivity contribution in [2.75, 3.05) is 13.1 Å². The Kier molecular flexibility index (Phi) is 12.2. The van der Waals surface area contributed by atoms with E-state index in [1.165, 1.54) is 17.0 Å². The number of nitrogens with zero attached hydrogens (tertiary/aromatic N) is 1. The standard InChI is InChI=1S/C32H45N3O5/c1-8-10-11-18-33-29(37)28(25-15-12-22(3)23(4)20-25)35(19-9-2)30(38)27(34-31(39)40-32(5,6)7)21-24-13-16-26(36)17-14-24/h9,12-17,20,27-28,36H,2,8,10-11,18-19,21H2,1,3-7H3,(H,33,37)(H,34,39). The van der Waals surface area contributed by atoms with E-state index in [9.17, 15) is 19.5 Å². The number of alkyl carbamates (subject to hydrolysis) is 1. The first kappa shape index (κ1) is 32.4. The van der Waals surface area contributed by atoms with Gasteiger partial charge in [-0.05, 0) is 75.4 Å². The molecule has 0 aromatic heterocycles. The smallest absolute Gasteiger partial charge is 0.408 e. The van der Waals surface area contributed by atoms with Gasteiger partial charge in [-0.2, -0.15) is 0 Å². The second kappa shape index (κ2) is 15.1. The fourth-order valence-electron chi connectivity index (χ4n) is 4.27. The summed E-state index contributed by atoms with van der Waals surface area (Å²) in [5.41, 5.74) is 2.70.